The molecule has 1 aliphatic rings. The predicted molar refractivity (Wildman–Crippen MR) is 85.0 cm³/mol. The smallest absolute Gasteiger partial charge is 0.0469 e. The summed E-state index contributed by atoms with van der Waals surface area (Å²) in [5.74, 6) is 0.713. The number of rotatable bonds is 7. The SMILES string of the molecule is CCCCc1ccc(C(NCC)C2CCOCC2)cc1. The Balaban J connectivity index is 2.04. The third-order valence-corrected chi connectivity index (χ3v) is 4.32. The molecule has 0 aliphatic carbocycles. The highest BCUT2D eigenvalue weighted by Gasteiger charge is 2.24. The number of aryl methyl sites for hydroxylation is 1. The molecule has 20 heavy (non-hydrogen) atoms. The van der Waals surface area contributed by atoms with E-state index in [1.807, 2.05) is 0 Å². The molecular formula is C18H29NO. The van der Waals surface area contributed by atoms with Crippen molar-refractivity contribution >= 4 is 0 Å². The van der Waals surface area contributed by atoms with Gasteiger partial charge in [-0.2, -0.15) is 0 Å². The first-order valence-corrected chi connectivity index (χ1v) is 8.25. The highest BCUT2D eigenvalue weighted by molar-refractivity contribution is 5.26. The highest BCUT2D eigenvalue weighted by atomic mass is 16.5. The van der Waals surface area contributed by atoms with Gasteiger partial charge < -0.3 is 10.1 Å². The molecule has 112 valence electrons. The number of hydrogen-bond acceptors (Lipinski definition) is 2. The Hall–Kier alpha value is -0.860. The third-order valence-electron chi connectivity index (χ3n) is 4.32. The van der Waals surface area contributed by atoms with Gasteiger partial charge in [-0.3, -0.25) is 0 Å². The van der Waals surface area contributed by atoms with Crippen LogP contribution in [0.4, 0.5) is 0 Å². The van der Waals surface area contributed by atoms with Gasteiger partial charge in [-0.25, -0.2) is 0 Å². The molecule has 1 fully saturated rings. The van der Waals surface area contributed by atoms with Crippen LogP contribution in [0.5, 0.6) is 0 Å². The molecule has 1 heterocycles. The van der Waals surface area contributed by atoms with Gasteiger partial charge in [-0.15, -0.1) is 0 Å². The van der Waals surface area contributed by atoms with E-state index < -0.39 is 0 Å². The quantitative estimate of drug-likeness (QED) is 0.808. The number of unbranched alkanes of at least 4 members (excludes halogenated alkanes) is 1. The summed E-state index contributed by atoms with van der Waals surface area (Å²) in [6.07, 6.45) is 6.12. The molecule has 1 N–H and O–H groups in total. The van der Waals surface area contributed by atoms with Crippen LogP contribution in [0.1, 0.15) is 56.7 Å². The van der Waals surface area contributed by atoms with Crippen molar-refractivity contribution < 1.29 is 4.74 Å². The van der Waals surface area contributed by atoms with Crippen molar-refractivity contribution in [1.82, 2.24) is 5.32 Å². The fourth-order valence-corrected chi connectivity index (χ4v) is 3.10. The molecule has 1 atom stereocenters. The zero-order valence-corrected chi connectivity index (χ0v) is 13.0. The molecular weight excluding hydrogens is 246 g/mol. The Morgan fingerprint density at radius 3 is 2.45 bits per heavy atom. The van der Waals surface area contributed by atoms with Gasteiger partial charge in [-0.1, -0.05) is 44.5 Å². The van der Waals surface area contributed by atoms with Crippen molar-refractivity contribution in [1.29, 1.82) is 0 Å². The highest BCUT2D eigenvalue weighted by Crippen LogP contribution is 2.30. The Bertz CT molecular complexity index is 368. The number of hydrogen-bond donors (Lipinski definition) is 1. The van der Waals surface area contributed by atoms with Crippen molar-refractivity contribution in [3.05, 3.63) is 35.4 Å². The summed E-state index contributed by atoms with van der Waals surface area (Å²) in [5.41, 5.74) is 2.91. The van der Waals surface area contributed by atoms with Crippen LogP contribution in [0.3, 0.4) is 0 Å². The third kappa shape index (κ3) is 4.32. The van der Waals surface area contributed by atoms with Crippen molar-refractivity contribution in [2.45, 2.75) is 52.0 Å². The maximum atomic E-state index is 5.50. The fraction of sp³-hybridized carbons (Fsp3) is 0.667. The van der Waals surface area contributed by atoms with Crippen LogP contribution in [-0.2, 0) is 11.2 Å². The van der Waals surface area contributed by atoms with Gasteiger partial charge in [0.2, 0.25) is 0 Å². The largest absolute Gasteiger partial charge is 0.381 e. The van der Waals surface area contributed by atoms with E-state index in [1.165, 1.54) is 43.2 Å². The van der Waals surface area contributed by atoms with E-state index in [-0.39, 0.29) is 0 Å². The fourth-order valence-electron chi connectivity index (χ4n) is 3.10. The van der Waals surface area contributed by atoms with Crippen LogP contribution in [0, 0.1) is 5.92 Å². The second kappa shape index (κ2) is 8.43. The summed E-state index contributed by atoms with van der Waals surface area (Å²) in [5, 5.41) is 3.68. The van der Waals surface area contributed by atoms with Gasteiger partial charge in [0.1, 0.15) is 0 Å². The lowest BCUT2D eigenvalue weighted by atomic mass is 9.86. The molecule has 1 unspecified atom stereocenters. The second-order valence-electron chi connectivity index (χ2n) is 5.83. The second-order valence-corrected chi connectivity index (χ2v) is 5.83. The van der Waals surface area contributed by atoms with E-state index in [0.29, 0.717) is 12.0 Å². The van der Waals surface area contributed by atoms with Crippen molar-refractivity contribution in [2.75, 3.05) is 19.8 Å². The van der Waals surface area contributed by atoms with Crippen molar-refractivity contribution in [3.8, 4) is 0 Å². The normalized spacial score (nSPS) is 18.1. The van der Waals surface area contributed by atoms with E-state index in [1.54, 1.807) is 0 Å². The zero-order chi connectivity index (χ0) is 14.2. The van der Waals surface area contributed by atoms with E-state index in [2.05, 4.69) is 43.4 Å². The van der Waals surface area contributed by atoms with Crippen LogP contribution in [0.2, 0.25) is 0 Å². The molecule has 1 aromatic carbocycles. The lowest BCUT2D eigenvalue weighted by Gasteiger charge is -2.31. The van der Waals surface area contributed by atoms with E-state index in [9.17, 15) is 0 Å². The number of nitrogens with one attached hydrogen (secondary N) is 1. The maximum Gasteiger partial charge on any atom is 0.0469 e. The molecule has 2 nitrogen and oxygen atoms in total. The van der Waals surface area contributed by atoms with E-state index in [0.717, 1.165) is 19.8 Å². The first-order chi connectivity index (χ1) is 9.85. The summed E-state index contributed by atoms with van der Waals surface area (Å²) in [6, 6.07) is 9.77. The van der Waals surface area contributed by atoms with Crippen LogP contribution < -0.4 is 5.32 Å². The summed E-state index contributed by atoms with van der Waals surface area (Å²) >= 11 is 0. The topological polar surface area (TPSA) is 21.3 Å². The standard InChI is InChI=1S/C18H29NO/c1-3-5-6-15-7-9-16(10-8-15)18(19-4-2)17-11-13-20-14-12-17/h7-10,17-19H,3-6,11-14H2,1-2H3. The lowest BCUT2D eigenvalue weighted by Crippen LogP contribution is -2.32. The van der Waals surface area contributed by atoms with Gasteiger partial charge in [0.25, 0.3) is 0 Å². The Morgan fingerprint density at radius 2 is 1.85 bits per heavy atom. The molecule has 1 aromatic rings. The minimum atomic E-state index is 0.490. The lowest BCUT2D eigenvalue weighted by molar-refractivity contribution is 0.0538. The molecule has 0 spiro atoms. The zero-order valence-electron chi connectivity index (χ0n) is 13.0. The number of ether oxygens (including phenoxy) is 1. The average molecular weight is 275 g/mol. The Kier molecular flexibility index (Phi) is 6.55. The first-order valence-electron chi connectivity index (χ1n) is 8.25. The molecule has 0 aromatic heterocycles. The van der Waals surface area contributed by atoms with E-state index >= 15 is 0 Å². The van der Waals surface area contributed by atoms with Crippen LogP contribution in [0.15, 0.2) is 24.3 Å². The summed E-state index contributed by atoms with van der Waals surface area (Å²) in [4.78, 5) is 0. The van der Waals surface area contributed by atoms with Gasteiger partial charge in [0.15, 0.2) is 0 Å². The molecule has 2 heteroatoms. The Labute approximate surface area is 123 Å². The molecule has 2 rings (SSSR count). The maximum absolute atomic E-state index is 5.50. The Morgan fingerprint density at radius 1 is 1.15 bits per heavy atom. The van der Waals surface area contributed by atoms with Crippen LogP contribution in [0.25, 0.3) is 0 Å². The molecule has 1 saturated heterocycles. The van der Waals surface area contributed by atoms with Gasteiger partial charge in [-0.05, 0) is 49.3 Å². The van der Waals surface area contributed by atoms with E-state index in [4.69, 9.17) is 4.74 Å². The first kappa shape index (κ1) is 15.5. The van der Waals surface area contributed by atoms with Crippen molar-refractivity contribution in [2.24, 2.45) is 5.92 Å². The molecule has 0 amide bonds. The summed E-state index contributed by atoms with van der Waals surface area (Å²) < 4.78 is 5.50. The van der Waals surface area contributed by atoms with Gasteiger partial charge >= 0.3 is 0 Å². The molecule has 0 radical (unpaired) electrons. The van der Waals surface area contributed by atoms with Gasteiger partial charge in [0.05, 0.1) is 0 Å². The monoisotopic (exact) mass is 275 g/mol. The van der Waals surface area contributed by atoms with Crippen LogP contribution >= 0.6 is 0 Å². The van der Waals surface area contributed by atoms with Gasteiger partial charge in [0, 0.05) is 19.3 Å². The summed E-state index contributed by atoms with van der Waals surface area (Å²) in [7, 11) is 0. The van der Waals surface area contributed by atoms with Crippen LogP contribution in [-0.4, -0.2) is 19.8 Å². The summed E-state index contributed by atoms with van der Waals surface area (Å²) in [6.45, 7) is 7.31. The average Bonchev–Trinajstić information content (AvgIpc) is 2.52. The van der Waals surface area contributed by atoms with Crippen molar-refractivity contribution in [3.63, 3.8) is 0 Å². The molecule has 1 aliphatic heterocycles. The molecule has 0 bridgehead atoms. The molecule has 0 saturated carbocycles. The minimum Gasteiger partial charge on any atom is -0.381 e. The predicted octanol–water partition coefficient (Wildman–Crippen LogP) is 4.11. The number of benzene rings is 1. The minimum absolute atomic E-state index is 0.490.